The van der Waals surface area contributed by atoms with Crippen molar-refractivity contribution in [3.8, 4) is 11.5 Å². The van der Waals surface area contributed by atoms with Crippen LogP contribution in [-0.4, -0.2) is 81.8 Å². The first-order valence-corrected chi connectivity index (χ1v) is 13.5. The molecule has 4 heterocycles. The zero-order chi connectivity index (χ0) is 26.9. The predicted molar refractivity (Wildman–Crippen MR) is 146 cm³/mol. The Morgan fingerprint density at radius 3 is 2.62 bits per heavy atom. The first-order chi connectivity index (χ1) is 18.9. The SMILES string of the molecule is CC(=O)Nc1ccc2oc(-c3ccnc(C(=O)N4CCN(C(C5=NNN(C)N5)C5CCCC5)CC4)c3)nc2c1. The van der Waals surface area contributed by atoms with Crippen LogP contribution in [0.15, 0.2) is 46.0 Å². The van der Waals surface area contributed by atoms with E-state index in [0.29, 0.717) is 52.9 Å². The van der Waals surface area contributed by atoms with Gasteiger partial charge in [-0.1, -0.05) is 12.8 Å². The van der Waals surface area contributed by atoms with Crippen LogP contribution in [-0.2, 0) is 4.79 Å². The second kappa shape index (κ2) is 10.6. The van der Waals surface area contributed by atoms with Crippen LogP contribution >= 0.6 is 0 Å². The summed E-state index contributed by atoms with van der Waals surface area (Å²) in [5.41, 5.74) is 9.22. The maximum Gasteiger partial charge on any atom is 0.272 e. The highest BCUT2D eigenvalue weighted by molar-refractivity contribution is 5.94. The van der Waals surface area contributed by atoms with E-state index < -0.39 is 0 Å². The van der Waals surface area contributed by atoms with Crippen LogP contribution in [0, 0.1) is 5.92 Å². The molecule has 12 heteroatoms. The van der Waals surface area contributed by atoms with E-state index in [1.54, 1.807) is 41.6 Å². The van der Waals surface area contributed by atoms with Crippen molar-refractivity contribution in [1.82, 2.24) is 35.8 Å². The highest BCUT2D eigenvalue weighted by Gasteiger charge is 2.38. The number of piperazine rings is 1. The lowest BCUT2D eigenvalue weighted by molar-refractivity contribution is -0.114. The monoisotopic (exact) mass is 531 g/mol. The molecule has 3 aliphatic rings. The topological polar surface area (TPSA) is 131 Å². The zero-order valence-electron chi connectivity index (χ0n) is 22.2. The summed E-state index contributed by atoms with van der Waals surface area (Å²) < 4.78 is 5.93. The number of amides is 2. The van der Waals surface area contributed by atoms with Crippen LogP contribution in [0.2, 0.25) is 0 Å². The number of hydrazone groups is 1. The molecule has 3 aromatic rings. The van der Waals surface area contributed by atoms with Crippen molar-refractivity contribution in [3.63, 3.8) is 0 Å². The molecule has 3 N–H and O–H groups in total. The normalized spacial score (nSPS) is 19.5. The first kappa shape index (κ1) is 25.3. The summed E-state index contributed by atoms with van der Waals surface area (Å²) >= 11 is 0. The maximum absolute atomic E-state index is 13.4. The van der Waals surface area contributed by atoms with Crippen molar-refractivity contribution in [3.05, 3.63) is 42.2 Å². The number of amidine groups is 1. The number of fused-ring (bicyclic) bond motifs is 1. The van der Waals surface area contributed by atoms with Gasteiger partial charge in [-0.25, -0.2) is 10.5 Å². The van der Waals surface area contributed by atoms with Crippen molar-refractivity contribution in [2.75, 3.05) is 38.5 Å². The van der Waals surface area contributed by atoms with Gasteiger partial charge >= 0.3 is 0 Å². The number of benzene rings is 1. The number of hydrogen-bond donors (Lipinski definition) is 3. The smallest absolute Gasteiger partial charge is 0.272 e. The molecular weight excluding hydrogens is 498 g/mol. The van der Waals surface area contributed by atoms with E-state index in [1.807, 2.05) is 11.9 Å². The Bertz CT molecular complexity index is 1410. The molecule has 2 aliphatic heterocycles. The number of hydrazine groups is 2. The van der Waals surface area contributed by atoms with Gasteiger partial charge < -0.3 is 14.6 Å². The number of pyridine rings is 1. The third-order valence-corrected chi connectivity index (χ3v) is 7.66. The number of rotatable bonds is 6. The standard InChI is InChI=1S/C27H33N9O3/c1-17(37)29-20-7-8-23-21(16-20)30-26(39-23)19-9-10-28-22(15-19)27(38)36-13-11-35(12-14-36)24(18-5-3-4-6-18)25-31-33-34(2)32-25/h7-10,15-16,18,24,33H,3-6,11-14H2,1-2H3,(H,29,37)(H,31,32). The minimum atomic E-state index is -0.154. The van der Waals surface area contributed by atoms with Gasteiger partial charge in [0.1, 0.15) is 11.2 Å². The summed E-state index contributed by atoms with van der Waals surface area (Å²) in [7, 11) is 1.91. The molecule has 6 rings (SSSR count). The average Bonchev–Trinajstić information content (AvgIpc) is 3.70. The Kier molecular flexibility index (Phi) is 6.88. The van der Waals surface area contributed by atoms with Crippen LogP contribution in [0.3, 0.4) is 0 Å². The Morgan fingerprint density at radius 1 is 1.10 bits per heavy atom. The van der Waals surface area contributed by atoms with Crippen molar-refractivity contribution in [1.29, 1.82) is 0 Å². The molecule has 0 bridgehead atoms. The van der Waals surface area contributed by atoms with Gasteiger partial charge in [0.25, 0.3) is 5.91 Å². The number of carbonyl (C=O) groups is 2. The van der Waals surface area contributed by atoms with Gasteiger partial charge in [-0.05, 0) is 49.1 Å². The van der Waals surface area contributed by atoms with Crippen LogP contribution in [0.5, 0.6) is 0 Å². The maximum atomic E-state index is 13.4. The third-order valence-electron chi connectivity index (χ3n) is 7.66. The molecule has 12 nitrogen and oxygen atoms in total. The number of anilines is 1. The van der Waals surface area contributed by atoms with E-state index in [4.69, 9.17) is 4.42 Å². The van der Waals surface area contributed by atoms with Gasteiger partial charge in [0, 0.05) is 57.6 Å². The molecule has 0 radical (unpaired) electrons. The van der Waals surface area contributed by atoms with E-state index >= 15 is 0 Å². The fraction of sp³-hybridized carbons (Fsp3) is 0.444. The molecule has 204 valence electrons. The lowest BCUT2D eigenvalue weighted by Crippen LogP contribution is -2.58. The van der Waals surface area contributed by atoms with Crippen molar-refractivity contribution in [2.45, 2.75) is 38.6 Å². The van der Waals surface area contributed by atoms with Crippen LogP contribution in [0.1, 0.15) is 43.1 Å². The summed E-state index contributed by atoms with van der Waals surface area (Å²) in [6.07, 6.45) is 6.54. The molecule has 1 aliphatic carbocycles. The number of nitrogens with one attached hydrogen (secondary N) is 3. The molecule has 0 spiro atoms. The molecule has 1 unspecified atom stereocenters. The van der Waals surface area contributed by atoms with E-state index in [9.17, 15) is 9.59 Å². The van der Waals surface area contributed by atoms with Crippen molar-refractivity contribution in [2.24, 2.45) is 11.0 Å². The fourth-order valence-electron chi connectivity index (χ4n) is 5.83. The highest BCUT2D eigenvalue weighted by Crippen LogP contribution is 2.32. The molecule has 2 aromatic heterocycles. The van der Waals surface area contributed by atoms with Gasteiger partial charge in [0.05, 0.1) is 6.04 Å². The second-order valence-corrected chi connectivity index (χ2v) is 10.4. The van der Waals surface area contributed by atoms with Gasteiger partial charge in [0.2, 0.25) is 11.8 Å². The molecule has 1 aromatic carbocycles. The molecule has 2 fully saturated rings. The summed E-state index contributed by atoms with van der Waals surface area (Å²) in [5.74, 6) is 1.67. The first-order valence-electron chi connectivity index (χ1n) is 13.5. The van der Waals surface area contributed by atoms with Gasteiger partial charge in [0.15, 0.2) is 11.4 Å². The van der Waals surface area contributed by atoms with Gasteiger partial charge in [-0.15, -0.1) is 10.2 Å². The number of aromatic nitrogens is 2. The van der Waals surface area contributed by atoms with Crippen LogP contribution in [0.4, 0.5) is 5.69 Å². The summed E-state index contributed by atoms with van der Waals surface area (Å²) in [4.78, 5) is 38.1. The Morgan fingerprint density at radius 2 is 1.90 bits per heavy atom. The lowest BCUT2D eigenvalue weighted by atomic mass is 9.94. The van der Waals surface area contributed by atoms with E-state index in [2.05, 4.69) is 36.2 Å². The summed E-state index contributed by atoms with van der Waals surface area (Å²) in [5, 5.41) is 9.05. The van der Waals surface area contributed by atoms with Crippen LogP contribution < -0.4 is 16.3 Å². The molecule has 2 amide bonds. The van der Waals surface area contributed by atoms with Crippen molar-refractivity contribution >= 4 is 34.4 Å². The predicted octanol–water partition coefficient (Wildman–Crippen LogP) is 2.43. The molecule has 1 atom stereocenters. The van der Waals surface area contributed by atoms with E-state index in [0.717, 1.165) is 18.9 Å². The Hall–Kier alpha value is -4.03. The molecule has 1 saturated heterocycles. The molecule has 39 heavy (non-hydrogen) atoms. The minimum absolute atomic E-state index is 0.101. The number of carbonyl (C=O) groups excluding carboxylic acids is 2. The fourth-order valence-corrected chi connectivity index (χ4v) is 5.83. The molecule has 1 saturated carbocycles. The zero-order valence-corrected chi connectivity index (χ0v) is 22.2. The molecular formula is C27H33N9O3. The third kappa shape index (κ3) is 5.30. The minimum Gasteiger partial charge on any atom is -0.436 e. The van der Waals surface area contributed by atoms with Crippen molar-refractivity contribution < 1.29 is 14.0 Å². The Labute approximate surface area is 226 Å². The number of oxazole rings is 1. The Balaban J connectivity index is 1.14. The van der Waals surface area contributed by atoms with Crippen LogP contribution in [0.25, 0.3) is 22.6 Å². The second-order valence-electron chi connectivity index (χ2n) is 10.4. The van der Waals surface area contributed by atoms with E-state index in [-0.39, 0.29) is 17.9 Å². The lowest BCUT2D eigenvalue weighted by Gasteiger charge is -2.41. The van der Waals surface area contributed by atoms with E-state index in [1.165, 1.54) is 32.6 Å². The summed E-state index contributed by atoms with van der Waals surface area (Å²) in [6.45, 7) is 4.26. The summed E-state index contributed by atoms with van der Waals surface area (Å²) in [6, 6.07) is 9.02. The quantitative estimate of drug-likeness (QED) is 0.439. The van der Waals surface area contributed by atoms with Gasteiger partial charge in [-0.2, -0.15) is 0 Å². The average molecular weight is 532 g/mol. The number of nitrogens with zero attached hydrogens (tertiary/aromatic N) is 6. The number of hydrogen-bond acceptors (Lipinski definition) is 10. The largest absolute Gasteiger partial charge is 0.436 e. The highest BCUT2D eigenvalue weighted by atomic mass is 16.3. The van der Waals surface area contributed by atoms with Gasteiger partial charge in [-0.3, -0.25) is 24.9 Å².